The van der Waals surface area contributed by atoms with Gasteiger partial charge in [0.15, 0.2) is 17.6 Å². The lowest BCUT2D eigenvalue weighted by molar-refractivity contribution is -0.385. The molecular weight excluding hydrogens is 380 g/mol. The van der Waals surface area contributed by atoms with Crippen LogP contribution in [0.25, 0.3) is 0 Å². The van der Waals surface area contributed by atoms with Gasteiger partial charge in [0.2, 0.25) is 0 Å². The molecule has 0 unspecified atom stereocenters. The highest BCUT2D eigenvalue weighted by Gasteiger charge is 2.32. The molecule has 9 heteroatoms. The zero-order chi connectivity index (χ0) is 21.1. The van der Waals surface area contributed by atoms with Crippen LogP contribution in [-0.2, 0) is 9.53 Å². The molecule has 0 aromatic heterocycles. The summed E-state index contributed by atoms with van der Waals surface area (Å²) in [4.78, 5) is 35.8. The molecule has 1 saturated carbocycles. The van der Waals surface area contributed by atoms with Crippen LogP contribution in [0.5, 0.6) is 11.5 Å². The summed E-state index contributed by atoms with van der Waals surface area (Å²) in [5.74, 6) is -0.103. The Kier molecular flexibility index (Phi) is 6.24. The van der Waals surface area contributed by atoms with Crippen molar-refractivity contribution in [1.29, 1.82) is 0 Å². The van der Waals surface area contributed by atoms with E-state index < -0.39 is 28.6 Å². The molecule has 158 valence electrons. The predicted octanol–water partition coefficient (Wildman–Crippen LogP) is 2.85. The van der Waals surface area contributed by atoms with Crippen LogP contribution >= 0.6 is 0 Å². The molecule has 2 aliphatic rings. The third kappa shape index (κ3) is 4.60. The number of esters is 1. The largest absolute Gasteiger partial charge is 0.486 e. The van der Waals surface area contributed by atoms with Crippen molar-refractivity contribution >= 4 is 17.6 Å². The number of benzene rings is 1. The SMILES string of the molecule is C[C@@H]1[C@H](C)CCC[C@H]1NC(=O)[C@@H](C)OC(=O)c1cc2c(cc1[N+](=O)[O-])OCCO2. The Balaban J connectivity index is 1.70. The molecule has 0 spiro atoms. The van der Waals surface area contributed by atoms with E-state index in [9.17, 15) is 19.7 Å². The predicted molar refractivity (Wildman–Crippen MR) is 103 cm³/mol. The number of carbonyl (C=O) groups is 2. The maximum atomic E-state index is 12.6. The monoisotopic (exact) mass is 406 g/mol. The van der Waals surface area contributed by atoms with Crippen LogP contribution < -0.4 is 14.8 Å². The van der Waals surface area contributed by atoms with E-state index in [0.717, 1.165) is 25.3 Å². The first kappa shape index (κ1) is 20.9. The fraction of sp³-hybridized carbons (Fsp3) is 0.600. The molecule has 1 heterocycles. The molecule has 0 saturated heterocycles. The topological polar surface area (TPSA) is 117 Å². The molecule has 0 radical (unpaired) electrons. The van der Waals surface area contributed by atoms with Crippen molar-refractivity contribution in [2.45, 2.75) is 52.2 Å². The second-order valence-electron chi connectivity index (χ2n) is 7.70. The molecule has 0 bridgehead atoms. The average molecular weight is 406 g/mol. The molecule has 1 amide bonds. The van der Waals surface area contributed by atoms with Crippen molar-refractivity contribution in [3.05, 3.63) is 27.8 Å². The minimum atomic E-state index is -1.08. The van der Waals surface area contributed by atoms with E-state index in [1.807, 2.05) is 0 Å². The van der Waals surface area contributed by atoms with Gasteiger partial charge in [-0.05, 0) is 25.2 Å². The molecule has 1 aromatic carbocycles. The molecule has 1 aromatic rings. The Hall–Kier alpha value is -2.84. The van der Waals surface area contributed by atoms with E-state index in [0.29, 0.717) is 11.8 Å². The number of nitrogens with zero attached hydrogens (tertiary/aromatic N) is 1. The van der Waals surface area contributed by atoms with Crippen molar-refractivity contribution in [3.8, 4) is 11.5 Å². The Bertz CT molecular complexity index is 810. The molecule has 1 N–H and O–H groups in total. The maximum Gasteiger partial charge on any atom is 0.346 e. The summed E-state index contributed by atoms with van der Waals surface area (Å²) in [6.07, 6.45) is 1.96. The van der Waals surface area contributed by atoms with E-state index in [4.69, 9.17) is 14.2 Å². The van der Waals surface area contributed by atoms with Gasteiger partial charge in [0.05, 0.1) is 11.0 Å². The van der Waals surface area contributed by atoms with Crippen molar-refractivity contribution in [1.82, 2.24) is 5.32 Å². The fourth-order valence-electron chi connectivity index (χ4n) is 3.76. The van der Waals surface area contributed by atoms with Gasteiger partial charge < -0.3 is 19.5 Å². The molecule has 4 atom stereocenters. The second kappa shape index (κ2) is 8.67. The molecular formula is C20H26N2O7. The average Bonchev–Trinajstić information content (AvgIpc) is 2.70. The first-order chi connectivity index (χ1) is 13.8. The van der Waals surface area contributed by atoms with E-state index in [1.165, 1.54) is 13.0 Å². The standard InChI is InChI=1S/C20H26N2O7/c1-11-5-4-6-15(12(11)2)21-19(23)13(3)29-20(24)14-9-17-18(28-8-7-27-17)10-16(14)22(25)26/h9-13,15H,4-8H2,1-3H3,(H,21,23)/t11-,12-,13-,15-/m1/s1. The van der Waals surface area contributed by atoms with Crippen LogP contribution in [0, 0.1) is 22.0 Å². The number of nitro groups is 1. The van der Waals surface area contributed by atoms with Crippen molar-refractivity contribution < 1.29 is 28.7 Å². The van der Waals surface area contributed by atoms with Gasteiger partial charge in [0.25, 0.3) is 11.6 Å². The Morgan fingerprint density at radius 1 is 1.21 bits per heavy atom. The summed E-state index contributed by atoms with van der Waals surface area (Å²) < 4.78 is 15.9. The Morgan fingerprint density at radius 3 is 2.52 bits per heavy atom. The minimum absolute atomic E-state index is 0.0241. The number of hydrogen-bond donors (Lipinski definition) is 1. The van der Waals surface area contributed by atoms with Gasteiger partial charge in [0, 0.05) is 12.1 Å². The Morgan fingerprint density at radius 2 is 1.86 bits per heavy atom. The zero-order valence-corrected chi connectivity index (χ0v) is 16.8. The number of nitro benzene ring substituents is 1. The lowest BCUT2D eigenvalue weighted by atomic mass is 9.78. The van der Waals surface area contributed by atoms with Crippen LogP contribution in [0.1, 0.15) is 50.4 Å². The van der Waals surface area contributed by atoms with Crippen molar-refractivity contribution in [2.75, 3.05) is 13.2 Å². The first-order valence-electron chi connectivity index (χ1n) is 9.87. The highest BCUT2D eigenvalue weighted by molar-refractivity contribution is 5.96. The number of ether oxygens (including phenoxy) is 3. The highest BCUT2D eigenvalue weighted by Crippen LogP contribution is 2.37. The third-order valence-electron chi connectivity index (χ3n) is 5.76. The maximum absolute atomic E-state index is 12.6. The lowest BCUT2D eigenvalue weighted by Gasteiger charge is -2.35. The van der Waals surface area contributed by atoms with E-state index in [2.05, 4.69) is 19.2 Å². The van der Waals surface area contributed by atoms with Crippen LogP contribution in [0.15, 0.2) is 12.1 Å². The van der Waals surface area contributed by atoms with Gasteiger partial charge in [-0.2, -0.15) is 0 Å². The van der Waals surface area contributed by atoms with Crippen LogP contribution in [0.2, 0.25) is 0 Å². The summed E-state index contributed by atoms with van der Waals surface area (Å²) in [6.45, 7) is 6.25. The minimum Gasteiger partial charge on any atom is -0.486 e. The van der Waals surface area contributed by atoms with Gasteiger partial charge in [-0.3, -0.25) is 14.9 Å². The first-order valence-corrected chi connectivity index (χ1v) is 9.87. The molecule has 29 heavy (non-hydrogen) atoms. The summed E-state index contributed by atoms with van der Waals surface area (Å²) in [5, 5.41) is 14.3. The highest BCUT2D eigenvalue weighted by atomic mass is 16.6. The van der Waals surface area contributed by atoms with Crippen molar-refractivity contribution in [3.63, 3.8) is 0 Å². The quantitative estimate of drug-likeness (QED) is 0.454. The molecule has 1 aliphatic heterocycles. The summed E-state index contributed by atoms with van der Waals surface area (Å²) >= 11 is 0. The van der Waals surface area contributed by atoms with Crippen molar-refractivity contribution in [2.24, 2.45) is 11.8 Å². The van der Waals surface area contributed by atoms with Gasteiger partial charge in [-0.15, -0.1) is 0 Å². The Labute approximate surface area is 168 Å². The third-order valence-corrected chi connectivity index (χ3v) is 5.76. The lowest BCUT2D eigenvalue weighted by Crippen LogP contribution is -2.47. The van der Waals surface area contributed by atoms with E-state index in [1.54, 1.807) is 0 Å². The summed E-state index contributed by atoms with van der Waals surface area (Å²) in [5.41, 5.74) is -0.736. The summed E-state index contributed by atoms with van der Waals surface area (Å²) in [7, 11) is 0. The van der Waals surface area contributed by atoms with Crippen LogP contribution in [-0.4, -0.2) is 42.2 Å². The zero-order valence-electron chi connectivity index (χ0n) is 16.8. The van der Waals surface area contributed by atoms with Crippen LogP contribution in [0.4, 0.5) is 5.69 Å². The van der Waals surface area contributed by atoms with Gasteiger partial charge in [-0.1, -0.05) is 26.7 Å². The summed E-state index contributed by atoms with van der Waals surface area (Å²) in [6, 6.07) is 2.39. The van der Waals surface area contributed by atoms with Crippen LogP contribution in [0.3, 0.4) is 0 Å². The normalized spacial score (nSPS) is 24.3. The fourth-order valence-corrected chi connectivity index (χ4v) is 3.76. The number of fused-ring (bicyclic) bond motifs is 1. The second-order valence-corrected chi connectivity index (χ2v) is 7.70. The molecule has 3 rings (SSSR count). The number of nitrogens with one attached hydrogen (secondary N) is 1. The smallest absolute Gasteiger partial charge is 0.346 e. The number of hydrogen-bond acceptors (Lipinski definition) is 7. The van der Waals surface area contributed by atoms with Gasteiger partial charge in [-0.25, -0.2) is 4.79 Å². The number of rotatable bonds is 5. The van der Waals surface area contributed by atoms with Gasteiger partial charge in [0.1, 0.15) is 18.8 Å². The number of carbonyl (C=O) groups excluding carboxylic acids is 2. The van der Waals surface area contributed by atoms with E-state index >= 15 is 0 Å². The number of amides is 1. The molecule has 1 fully saturated rings. The molecule has 9 nitrogen and oxygen atoms in total. The molecule has 1 aliphatic carbocycles. The van der Waals surface area contributed by atoms with Gasteiger partial charge >= 0.3 is 5.97 Å². The van der Waals surface area contributed by atoms with E-state index in [-0.39, 0.29) is 36.3 Å².